The summed E-state index contributed by atoms with van der Waals surface area (Å²) in [5, 5.41) is 15.6. The standard InChI is InChI=1S/C24H24N4O4S/c29-21(20-15-26-22(33-20)16-7-6-8-17(13-16)23(30)31)25-14-19-11-4-5-12-28(19)24(32)27-18-9-2-1-3-10-18/h1-3,6-10,13,15,19H,4-5,11-12,14H2,(H,25,29)(H,27,32)(H,30,31). The highest BCUT2D eigenvalue weighted by atomic mass is 32.1. The van der Waals surface area contributed by atoms with E-state index in [1.54, 1.807) is 17.0 Å². The zero-order valence-corrected chi connectivity index (χ0v) is 18.7. The number of rotatable bonds is 6. The Hall–Kier alpha value is -3.72. The van der Waals surface area contributed by atoms with E-state index in [9.17, 15) is 19.5 Å². The third-order valence-corrected chi connectivity index (χ3v) is 6.54. The number of aromatic carboxylic acids is 1. The molecule has 0 radical (unpaired) electrons. The Morgan fingerprint density at radius 3 is 2.70 bits per heavy atom. The summed E-state index contributed by atoms with van der Waals surface area (Å²) in [5.74, 6) is -1.28. The lowest BCUT2D eigenvalue weighted by molar-refractivity contribution is 0.0696. The van der Waals surface area contributed by atoms with Crippen LogP contribution >= 0.6 is 11.3 Å². The first kappa shape index (κ1) is 22.5. The number of carboxylic acids is 1. The zero-order chi connectivity index (χ0) is 23.2. The number of anilines is 1. The van der Waals surface area contributed by atoms with Gasteiger partial charge in [0, 0.05) is 24.3 Å². The summed E-state index contributed by atoms with van der Waals surface area (Å²) in [6, 6.07) is 15.5. The number of aromatic nitrogens is 1. The number of hydrogen-bond acceptors (Lipinski definition) is 5. The minimum Gasteiger partial charge on any atom is -0.478 e. The van der Waals surface area contributed by atoms with Crippen LogP contribution in [0.2, 0.25) is 0 Å². The van der Waals surface area contributed by atoms with Crippen LogP contribution in [0.3, 0.4) is 0 Å². The summed E-state index contributed by atoms with van der Waals surface area (Å²) in [7, 11) is 0. The van der Waals surface area contributed by atoms with Crippen LogP contribution in [0, 0.1) is 0 Å². The Kier molecular flexibility index (Phi) is 6.99. The molecule has 1 fully saturated rings. The molecule has 0 aliphatic carbocycles. The van der Waals surface area contributed by atoms with E-state index in [0.717, 1.165) is 24.9 Å². The fourth-order valence-electron chi connectivity index (χ4n) is 3.79. The van der Waals surface area contributed by atoms with Gasteiger partial charge in [0.15, 0.2) is 0 Å². The van der Waals surface area contributed by atoms with Crippen LogP contribution in [-0.4, -0.2) is 52.0 Å². The van der Waals surface area contributed by atoms with Gasteiger partial charge in [-0.1, -0.05) is 30.3 Å². The molecule has 9 heteroatoms. The Bertz CT molecular complexity index is 1150. The Morgan fingerprint density at radius 2 is 1.91 bits per heavy atom. The van der Waals surface area contributed by atoms with E-state index in [4.69, 9.17) is 0 Å². The molecule has 1 saturated heterocycles. The van der Waals surface area contributed by atoms with Gasteiger partial charge in [-0.05, 0) is 43.5 Å². The lowest BCUT2D eigenvalue weighted by Gasteiger charge is -2.35. The van der Waals surface area contributed by atoms with Crippen molar-refractivity contribution >= 4 is 34.9 Å². The number of carbonyl (C=O) groups is 3. The van der Waals surface area contributed by atoms with Crippen LogP contribution < -0.4 is 10.6 Å². The fourth-order valence-corrected chi connectivity index (χ4v) is 4.62. The molecule has 170 valence electrons. The van der Waals surface area contributed by atoms with Crippen LogP contribution in [0.4, 0.5) is 10.5 Å². The van der Waals surface area contributed by atoms with Gasteiger partial charge in [0.2, 0.25) is 0 Å². The second-order valence-corrected chi connectivity index (χ2v) is 8.80. The summed E-state index contributed by atoms with van der Waals surface area (Å²) in [6.07, 6.45) is 4.24. The van der Waals surface area contributed by atoms with Gasteiger partial charge in [-0.2, -0.15) is 0 Å². The predicted molar refractivity (Wildman–Crippen MR) is 127 cm³/mol. The average molecular weight is 465 g/mol. The molecule has 1 aliphatic rings. The van der Waals surface area contributed by atoms with Crippen LogP contribution in [0.25, 0.3) is 10.6 Å². The summed E-state index contributed by atoms with van der Waals surface area (Å²) in [5.41, 5.74) is 1.55. The van der Waals surface area contributed by atoms with Crippen LogP contribution in [0.1, 0.15) is 39.3 Å². The molecular formula is C24H24N4O4S. The maximum absolute atomic E-state index is 12.8. The van der Waals surface area contributed by atoms with E-state index in [0.29, 0.717) is 28.5 Å². The van der Waals surface area contributed by atoms with Gasteiger partial charge < -0.3 is 20.6 Å². The van der Waals surface area contributed by atoms with Gasteiger partial charge in [0.05, 0.1) is 17.8 Å². The maximum atomic E-state index is 12.8. The second-order valence-electron chi connectivity index (χ2n) is 7.76. The first-order valence-electron chi connectivity index (χ1n) is 10.7. The monoisotopic (exact) mass is 464 g/mol. The highest BCUT2D eigenvalue weighted by molar-refractivity contribution is 7.16. The topological polar surface area (TPSA) is 112 Å². The lowest BCUT2D eigenvalue weighted by atomic mass is 10.0. The van der Waals surface area contributed by atoms with Gasteiger partial charge in [0.1, 0.15) is 9.88 Å². The smallest absolute Gasteiger partial charge is 0.335 e. The Balaban J connectivity index is 1.38. The van der Waals surface area contributed by atoms with E-state index in [1.807, 2.05) is 30.3 Å². The fraction of sp³-hybridized carbons (Fsp3) is 0.250. The highest BCUT2D eigenvalue weighted by Crippen LogP contribution is 2.26. The minimum atomic E-state index is -1.01. The first-order valence-corrected chi connectivity index (χ1v) is 11.5. The predicted octanol–water partition coefficient (Wildman–Crippen LogP) is 4.32. The molecule has 1 unspecified atom stereocenters. The van der Waals surface area contributed by atoms with E-state index in [2.05, 4.69) is 15.6 Å². The number of likely N-dealkylation sites (tertiary alicyclic amines) is 1. The molecule has 4 rings (SSSR count). The van der Waals surface area contributed by atoms with Crippen molar-refractivity contribution in [3.05, 3.63) is 71.2 Å². The number of carbonyl (C=O) groups excluding carboxylic acids is 2. The van der Waals surface area contributed by atoms with Crippen molar-refractivity contribution < 1.29 is 19.5 Å². The molecule has 3 amide bonds. The number of nitrogens with zero attached hydrogens (tertiary/aromatic N) is 2. The van der Waals surface area contributed by atoms with Crippen LogP contribution in [0.15, 0.2) is 60.8 Å². The number of benzene rings is 2. The van der Waals surface area contributed by atoms with E-state index < -0.39 is 5.97 Å². The second kappa shape index (κ2) is 10.3. The van der Waals surface area contributed by atoms with Crippen molar-refractivity contribution in [3.63, 3.8) is 0 Å². The summed E-state index contributed by atoms with van der Waals surface area (Å²) >= 11 is 1.20. The van der Waals surface area contributed by atoms with Crippen molar-refractivity contribution in [1.82, 2.24) is 15.2 Å². The number of amides is 3. The molecule has 2 heterocycles. The van der Waals surface area contributed by atoms with Crippen molar-refractivity contribution in [1.29, 1.82) is 0 Å². The molecule has 1 atom stereocenters. The van der Waals surface area contributed by atoms with Crippen LogP contribution in [-0.2, 0) is 0 Å². The largest absolute Gasteiger partial charge is 0.478 e. The molecule has 0 bridgehead atoms. The van der Waals surface area contributed by atoms with Gasteiger partial charge in [-0.15, -0.1) is 11.3 Å². The number of thiazole rings is 1. The van der Waals surface area contributed by atoms with Gasteiger partial charge >= 0.3 is 12.0 Å². The number of hydrogen-bond donors (Lipinski definition) is 3. The normalized spacial score (nSPS) is 15.6. The van der Waals surface area contributed by atoms with E-state index in [1.165, 1.54) is 29.7 Å². The van der Waals surface area contributed by atoms with Gasteiger partial charge in [-0.3, -0.25) is 4.79 Å². The quantitative estimate of drug-likeness (QED) is 0.503. The van der Waals surface area contributed by atoms with Crippen molar-refractivity contribution in [3.8, 4) is 10.6 Å². The molecule has 3 aromatic rings. The number of carboxylic acid groups (broad SMARTS) is 1. The highest BCUT2D eigenvalue weighted by Gasteiger charge is 2.27. The molecule has 1 aliphatic heterocycles. The van der Waals surface area contributed by atoms with Crippen molar-refractivity contribution in [2.75, 3.05) is 18.4 Å². The summed E-state index contributed by atoms with van der Waals surface area (Å²) in [6.45, 7) is 0.993. The number of urea groups is 1. The molecule has 2 aromatic carbocycles. The number of para-hydroxylation sites is 1. The summed E-state index contributed by atoms with van der Waals surface area (Å²) < 4.78 is 0. The first-order chi connectivity index (χ1) is 16.0. The Morgan fingerprint density at radius 1 is 1.09 bits per heavy atom. The number of piperidine rings is 1. The molecule has 8 nitrogen and oxygen atoms in total. The summed E-state index contributed by atoms with van der Waals surface area (Å²) in [4.78, 5) is 43.2. The Labute approximate surface area is 195 Å². The van der Waals surface area contributed by atoms with Crippen LogP contribution in [0.5, 0.6) is 0 Å². The maximum Gasteiger partial charge on any atom is 0.335 e. The van der Waals surface area contributed by atoms with Gasteiger partial charge in [-0.25, -0.2) is 14.6 Å². The van der Waals surface area contributed by atoms with E-state index >= 15 is 0 Å². The third kappa shape index (κ3) is 5.56. The average Bonchev–Trinajstić information content (AvgIpc) is 3.34. The molecule has 1 aromatic heterocycles. The van der Waals surface area contributed by atoms with Crippen molar-refractivity contribution in [2.45, 2.75) is 25.3 Å². The molecule has 0 saturated carbocycles. The third-order valence-electron chi connectivity index (χ3n) is 5.50. The SMILES string of the molecule is O=C(O)c1cccc(-c2ncc(C(=O)NCC3CCCCN3C(=O)Nc3ccccc3)s2)c1. The molecular weight excluding hydrogens is 440 g/mol. The zero-order valence-electron chi connectivity index (χ0n) is 17.9. The lowest BCUT2D eigenvalue weighted by Crippen LogP contribution is -2.50. The molecule has 3 N–H and O–H groups in total. The molecule has 0 spiro atoms. The number of nitrogens with one attached hydrogen (secondary N) is 2. The van der Waals surface area contributed by atoms with E-state index in [-0.39, 0.29) is 23.5 Å². The minimum absolute atomic E-state index is 0.0916. The molecule has 33 heavy (non-hydrogen) atoms. The van der Waals surface area contributed by atoms with Gasteiger partial charge in [0.25, 0.3) is 5.91 Å². The van der Waals surface area contributed by atoms with Crippen molar-refractivity contribution in [2.24, 2.45) is 0 Å².